The van der Waals surface area contributed by atoms with E-state index in [1.807, 2.05) is 26.8 Å². The fourth-order valence-electron chi connectivity index (χ4n) is 2.14. The van der Waals surface area contributed by atoms with Crippen LogP contribution in [0.1, 0.15) is 32.4 Å². The van der Waals surface area contributed by atoms with Gasteiger partial charge < -0.3 is 14.8 Å². The molecule has 0 radical (unpaired) electrons. The summed E-state index contributed by atoms with van der Waals surface area (Å²) < 4.78 is 11.3. The summed E-state index contributed by atoms with van der Waals surface area (Å²) in [6.07, 6.45) is 2.52. The smallest absolute Gasteiger partial charge is 0.319 e. The van der Waals surface area contributed by atoms with Gasteiger partial charge in [0.1, 0.15) is 0 Å². The first-order chi connectivity index (χ1) is 9.13. The molecule has 1 unspecified atom stereocenters. The summed E-state index contributed by atoms with van der Waals surface area (Å²) in [6.45, 7) is 8.67. The Morgan fingerprint density at radius 2 is 2.26 bits per heavy atom. The molecular formula is C14H23N3O2. The topological polar surface area (TPSA) is 56.3 Å². The predicted molar refractivity (Wildman–Crippen MR) is 73.6 cm³/mol. The molecule has 5 nitrogen and oxygen atoms in total. The number of hydrogen-bond donors (Lipinski definition) is 1. The first kappa shape index (κ1) is 14.1. The number of rotatable bonds is 5. The van der Waals surface area contributed by atoms with E-state index in [1.54, 1.807) is 0 Å². The van der Waals surface area contributed by atoms with Crippen LogP contribution in [0.15, 0.2) is 6.07 Å². The Morgan fingerprint density at radius 1 is 1.42 bits per heavy atom. The number of piperidine rings is 1. The minimum absolute atomic E-state index is 0.102. The van der Waals surface area contributed by atoms with Gasteiger partial charge >= 0.3 is 6.01 Å². The van der Waals surface area contributed by atoms with E-state index < -0.39 is 0 Å². The summed E-state index contributed by atoms with van der Waals surface area (Å²) in [5.74, 6) is 1.13. The molecular weight excluding hydrogens is 242 g/mol. The van der Waals surface area contributed by atoms with E-state index >= 15 is 0 Å². The molecule has 0 spiro atoms. The number of aromatic nitrogens is 2. The molecule has 1 N–H and O–H groups in total. The fraction of sp³-hybridized carbons (Fsp3) is 0.714. The zero-order valence-corrected chi connectivity index (χ0v) is 12.0. The molecule has 1 aromatic rings. The zero-order chi connectivity index (χ0) is 13.7. The number of nitrogens with one attached hydrogen (secondary N) is 1. The van der Waals surface area contributed by atoms with Crippen LogP contribution in [0.25, 0.3) is 0 Å². The van der Waals surface area contributed by atoms with Gasteiger partial charge in [0.2, 0.25) is 5.88 Å². The number of hydrogen-bond acceptors (Lipinski definition) is 5. The van der Waals surface area contributed by atoms with Crippen molar-refractivity contribution in [2.24, 2.45) is 5.92 Å². The highest BCUT2D eigenvalue weighted by Crippen LogP contribution is 2.17. The largest absolute Gasteiger partial charge is 0.475 e. The maximum Gasteiger partial charge on any atom is 0.319 e. The molecule has 1 aliphatic heterocycles. The van der Waals surface area contributed by atoms with Gasteiger partial charge in [-0.05, 0) is 40.2 Å². The highest BCUT2D eigenvalue weighted by Gasteiger charge is 2.14. The van der Waals surface area contributed by atoms with E-state index in [1.165, 1.54) is 12.8 Å². The van der Waals surface area contributed by atoms with E-state index in [9.17, 15) is 0 Å². The van der Waals surface area contributed by atoms with Crippen LogP contribution in [0.4, 0.5) is 0 Å². The summed E-state index contributed by atoms with van der Waals surface area (Å²) in [5.41, 5.74) is 0.863. The average Bonchev–Trinajstić information content (AvgIpc) is 2.36. The van der Waals surface area contributed by atoms with Gasteiger partial charge in [0.15, 0.2) is 0 Å². The molecule has 1 aromatic heterocycles. The molecule has 0 saturated carbocycles. The summed E-state index contributed by atoms with van der Waals surface area (Å²) in [5, 5.41) is 3.37. The van der Waals surface area contributed by atoms with Gasteiger partial charge in [-0.1, -0.05) is 0 Å². The molecule has 1 fully saturated rings. The van der Waals surface area contributed by atoms with Crippen molar-refractivity contribution < 1.29 is 9.47 Å². The van der Waals surface area contributed by atoms with Crippen LogP contribution in [0.2, 0.25) is 0 Å². The van der Waals surface area contributed by atoms with Crippen molar-refractivity contribution in [3.05, 3.63) is 11.8 Å². The van der Waals surface area contributed by atoms with Gasteiger partial charge in [-0.25, -0.2) is 4.98 Å². The van der Waals surface area contributed by atoms with Gasteiger partial charge in [-0.3, -0.25) is 0 Å². The van der Waals surface area contributed by atoms with Gasteiger partial charge in [0, 0.05) is 24.2 Å². The minimum Gasteiger partial charge on any atom is -0.475 e. The van der Waals surface area contributed by atoms with Crippen molar-refractivity contribution in [1.82, 2.24) is 15.3 Å². The van der Waals surface area contributed by atoms with Gasteiger partial charge in [-0.2, -0.15) is 4.98 Å². The Labute approximate surface area is 114 Å². The summed E-state index contributed by atoms with van der Waals surface area (Å²) in [4.78, 5) is 8.57. The molecule has 5 heteroatoms. The Kier molecular flexibility index (Phi) is 4.96. The van der Waals surface area contributed by atoms with E-state index in [0.717, 1.165) is 18.8 Å². The molecule has 0 aliphatic carbocycles. The lowest BCUT2D eigenvalue weighted by Gasteiger charge is -2.22. The summed E-state index contributed by atoms with van der Waals surface area (Å²) >= 11 is 0. The Balaban J connectivity index is 1.93. The predicted octanol–water partition coefficient (Wildman–Crippen LogP) is 1.95. The first-order valence-corrected chi connectivity index (χ1v) is 6.99. The molecule has 2 rings (SSSR count). The third-order valence-corrected chi connectivity index (χ3v) is 3.01. The highest BCUT2D eigenvalue weighted by molar-refractivity contribution is 5.17. The van der Waals surface area contributed by atoms with Crippen LogP contribution in [0, 0.1) is 12.8 Å². The quantitative estimate of drug-likeness (QED) is 0.882. The van der Waals surface area contributed by atoms with Crippen molar-refractivity contribution in [1.29, 1.82) is 0 Å². The van der Waals surface area contributed by atoms with Crippen LogP contribution in [-0.2, 0) is 0 Å². The van der Waals surface area contributed by atoms with E-state index in [4.69, 9.17) is 9.47 Å². The van der Waals surface area contributed by atoms with E-state index in [2.05, 4.69) is 15.3 Å². The first-order valence-electron chi connectivity index (χ1n) is 6.99. The lowest BCUT2D eigenvalue weighted by Crippen LogP contribution is -2.33. The van der Waals surface area contributed by atoms with Crippen LogP contribution in [0.3, 0.4) is 0 Å². The minimum atomic E-state index is 0.102. The van der Waals surface area contributed by atoms with Crippen molar-refractivity contribution in [3.63, 3.8) is 0 Å². The molecule has 1 aliphatic rings. The molecule has 0 amide bonds. The number of nitrogens with zero attached hydrogens (tertiary/aromatic N) is 2. The highest BCUT2D eigenvalue weighted by atomic mass is 16.5. The van der Waals surface area contributed by atoms with Crippen LogP contribution < -0.4 is 14.8 Å². The fourth-order valence-corrected chi connectivity index (χ4v) is 2.14. The van der Waals surface area contributed by atoms with Crippen molar-refractivity contribution in [3.8, 4) is 11.9 Å². The maximum absolute atomic E-state index is 5.71. The Morgan fingerprint density at radius 3 is 2.95 bits per heavy atom. The van der Waals surface area contributed by atoms with Crippen molar-refractivity contribution >= 4 is 0 Å². The number of ether oxygens (including phenoxy) is 2. The third-order valence-electron chi connectivity index (χ3n) is 3.01. The SMILES string of the molecule is Cc1cc(OC(C)C)nc(OCC2CCCNC2)n1. The third kappa shape index (κ3) is 4.67. The second-order valence-electron chi connectivity index (χ2n) is 5.32. The van der Waals surface area contributed by atoms with Crippen LogP contribution in [-0.4, -0.2) is 35.8 Å². The van der Waals surface area contributed by atoms with Crippen molar-refractivity contribution in [2.45, 2.75) is 39.7 Å². The summed E-state index contributed by atoms with van der Waals surface area (Å²) in [7, 11) is 0. The second-order valence-corrected chi connectivity index (χ2v) is 5.32. The zero-order valence-electron chi connectivity index (χ0n) is 12.0. The van der Waals surface area contributed by atoms with E-state index in [0.29, 0.717) is 24.4 Å². The molecule has 1 atom stereocenters. The number of aryl methyl sites for hydroxylation is 1. The molecule has 0 bridgehead atoms. The van der Waals surface area contributed by atoms with Gasteiger partial charge in [0.25, 0.3) is 0 Å². The van der Waals surface area contributed by atoms with Crippen LogP contribution in [0.5, 0.6) is 11.9 Å². The lowest BCUT2D eigenvalue weighted by molar-refractivity contribution is 0.194. The van der Waals surface area contributed by atoms with Crippen LogP contribution >= 0.6 is 0 Å². The van der Waals surface area contributed by atoms with E-state index in [-0.39, 0.29) is 6.10 Å². The monoisotopic (exact) mass is 265 g/mol. The Hall–Kier alpha value is -1.36. The average molecular weight is 265 g/mol. The van der Waals surface area contributed by atoms with Crippen molar-refractivity contribution in [2.75, 3.05) is 19.7 Å². The van der Waals surface area contributed by atoms with Gasteiger partial charge in [-0.15, -0.1) is 0 Å². The Bertz CT molecular complexity index is 404. The van der Waals surface area contributed by atoms with Gasteiger partial charge in [0.05, 0.1) is 12.7 Å². The molecule has 0 aromatic carbocycles. The molecule has 1 saturated heterocycles. The molecule has 19 heavy (non-hydrogen) atoms. The molecule has 2 heterocycles. The second kappa shape index (κ2) is 6.70. The standard InChI is InChI=1S/C14H23N3O2/c1-10(2)19-13-7-11(3)16-14(17-13)18-9-12-5-4-6-15-8-12/h7,10,12,15H,4-6,8-9H2,1-3H3. The maximum atomic E-state index is 5.71. The normalized spacial score (nSPS) is 19.5. The summed E-state index contributed by atoms with van der Waals surface area (Å²) in [6, 6.07) is 2.25. The lowest BCUT2D eigenvalue weighted by atomic mass is 10.0. The molecule has 106 valence electrons.